The smallest absolute Gasteiger partial charge is 0.335 e. The summed E-state index contributed by atoms with van der Waals surface area (Å²) in [5.74, 6) is 5.18. The molecule has 0 bridgehead atoms. The summed E-state index contributed by atoms with van der Waals surface area (Å²) in [7, 11) is 0. The summed E-state index contributed by atoms with van der Waals surface area (Å²) in [5, 5.41) is 10.5. The standard InChI is InChI=1S/C16H18N4O2/c1-10-5-6-12(16(21)22)8-14(10)20(18)15(9-17)13-4-3-7-19-11(13)2/h3-9H,17-18H2,1-2H3,(H,21,22)/b15-9-. The zero-order chi connectivity index (χ0) is 16.3. The highest BCUT2D eigenvalue weighted by Gasteiger charge is 2.16. The van der Waals surface area contributed by atoms with E-state index in [9.17, 15) is 4.79 Å². The number of anilines is 1. The second kappa shape index (κ2) is 6.28. The van der Waals surface area contributed by atoms with E-state index < -0.39 is 5.97 Å². The molecule has 1 aromatic carbocycles. The number of aromatic carboxylic acids is 1. The molecule has 0 fully saturated rings. The minimum absolute atomic E-state index is 0.162. The fourth-order valence-electron chi connectivity index (χ4n) is 2.19. The van der Waals surface area contributed by atoms with E-state index in [0.717, 1.165) is 16.8 Å². The van der Waals surface area contributed by atoms with Gasteiger partial charge in [0.25, 0.3) is 0 Å². The van der Waals surface area contributed by atoms with Crippen molar-refractivity contribution in [3.8, 4) is 0 Å². The molecule has 0 saturated carbocycles. The van der Waals surface area contributed by atoms with Crippen LogP contribution in [0, 0.1) is 13.8 Å². The minimum Gasteiger partial charge on any atom is -0.478 e. The molecule has 6 nitrogen and oxygen atoms in total. The molecule has 0 spiro atoms. The Bertz CT molecular complexity index is 741. The molecule has 0 radical (unpaired) electrons. The monoisotopic (exact) mass is 298 g/mol. The van der Waals surface area contributed by atoms with Crippen molar-refractivity contribution in [3.05, 3.63) is 65.1 Å². The maximum absolute atomic E-state index is 11.1. The zero-order valence-corrected chi connectivity index (χ0v) is 12.4. The van der Waals surface area contributed by atoms with E-state index in [1.807, 2.05) is 19.9 Å². The number of aromatic nitrogens is 1. The maximum Gasteiger partial charge on any atom is 0.335 e. The van der Waals surface area contributed by atoms with Crippen LogP contribution in [0.15, 0.2) is 42.7 Å². The van der Waals surface area contributed by atoms with Gasteiger partial charge in [0.15, 0.2) is 0 Å². The number of hydrogen-bond donors (Lipinski definition) is 3. The van der Waals surface area contributed by atoms with Gasteiger partial charge in [-0.15, -0.1) is 0 Å². The van der Waals surface area contributed by atoms with E-state index in [0.29, 0.717) is 11.4 Å². The van der Waals surface area contributed by atoms with Gasteiger partial charge in [-0.3, -0.25) is 9.99 Å². The van der Waals surface area contributed by atoms with Gasteiger partial charge in [0.2, 0.25) is 0 Å². The second-order valence-electron chi connectivity index (χ2n) is 4.86. The van der Waals surface area contributed by atoms with Crippen molar-refractivity contribution in [3.63, 3.8) is 0 Å². The third-order valence-electron chi connectivity index (χ3n) is 3.42. The number of nitrogens with zero attached hydrogens (tertiary/aromatic N) is 2. The highest BCUT2D eigenvalue weighted by molar-refractivity contribution is 5.90. The molecule has 22 heavy (non-hydrogen) atoms. The number of carboxylic acids is 1. The Kier molecular flexibility index (Phi) is 4.43. The lowest BCUT2D eigenvalue weighted by Gasteiger charge is -2.24. The number of rotatable bonds is 4. The Hall–Kier alpha value is -2.86. The molecule has 0 atom stereocenters. The summed E-state index contributed by atoms with van der Waals surface area (Å²) in [6.45, 7) is 3.71. The second-order valence-corrected chi connectivity index (χ2v) is 4.86. The van der Waals surface area contributed by atoms with E-state index >= 15 is 0 Å². The summed E-state index contributed by atoms with van der Waals surface area (Å²) < 4.78 is 0. The number of hydrogen-bond acceptors (Lipinski definition) is 5. The Morgan fingerprint density at radius 3 is 2.64 bits per heavy atom. The summed E-state index contributed by atoms with van der Waals surface area (Å²) in [5.41, 5.74) is 9.42. The first kappa shape index (κ1) is 15.5. The molecule has 2 rings (SSSR count). The van der Waals surface area contributed by atoms with Crippen LogP contribution in [0.4, 0.5) is 5.69 Å². The van der Waals surface area contributed by atoms with Crippen molar-refractivity contribution in [2.24, 2.45) is 11.6 Å². The van der Waals surface area contributed by atoms with Crippen LogP contribution in [0.25, 0.3) is 5.70 Å². The van der Waals surface area contributed by atoms with Crippen LogP contribution in [0.2, 0.25) is 0 Å². The summed E-state index contributed by atoms with van der Waals surface area (Å²) in [4.78, 5) is 15.4. The summed E-state index contributed by atoms with van der Waals surface area (Å²) in [6.07, 6.45) is 3.07. The maximum atomic E-state index is 11.1. The van der Waals surface area contributed by atoms with Crippen molar-refractivity contribution in [1.82, 2.24) is 4.98 Å². The van der Waals surface area contributed by atoms with Gasteiger partial charge >= 0.3 is 5.97 Å². The number of aryl methyl sites for hydroxylation is 2. The summed E-state index contributed by atoms with van der Waals surface area (Å²) in [6, 6.07) is 8.42. The molecule has 5 N–H and O–H groups in total. The lowest BCUT2D eigenvalue weighted by molar-refractivity contribution is 0.0697. The van der Waals surface area contributed by atoms with Crippen LogP contribution < -0.4 is 16.6 Å². The molecular weight excluding hydrogens is 280 g/mol. The Morgan fingerprint density at radius 1 is 1.32 bits per heavy atom. The third-order valence-corrected chi connectivity index (χ3v) is 3.42. The van der Waals surface area contributed by atoms with Crippen LogP contribution in [0.3, 0.4) is 0 Å². The van der Waals surface area contributed by atoms with Crippen molar-refractivity contribution in [2.45, 2.75) is 13.8 Å². The average Bonchev–Trinajstić information content (AvgIpc) is 2.50. The quantitative estimate of drug-likeness (QED) is 0.589. The van der Waals surface area contributed by atoms with Crippen molar-refractivity contribution in [1.29, 1.82) is 0 Å². The Balaban J connectivity index is 2.50. The van der Waals surface area contributed by atoms with Crippen LogP contribution in [0.5, 0.6) is 0 Å². The zero-order valence-electron chi connectivity index (χ0n) is 12.4. The number of nitrogens with two attached hydrogens (primary N) is 2. The van der Waals surface area contributed by atoms with Gasteiger partial charge < -0.3 is 10.8 Å². The third kappa shape index (κ3) is 2.91. The number of carboxylic acid groups (broad SMARTS) is 1. The number of hydrazine groups is 1. The van der Waals surface area contributed by atoms with E-state index in [1.54, 1.807) is 18.3 Å². The first-order chi connectivity index (χ1) is 10.5. The van der Waals surface area contributed by atoms with Gasteiger partial charge in [-0.2, -0.15) is 0 Å². The van der Waals surface area contributed by atoms with E-state index in [4.69, 9.17) is 16.7 Å². The fraction of sp³-hybridized carbons (Fsp3) is 0.125. The summed E-state index contributed by atoms with van der Waals surface area (Å²) >= 11 is 0. The number of carbonyl (C=O) groups is 1. The first-order valence-electron chi connectivity index (χ1n) is 6.68. The van der Waals surface area contributed by atoms with E-state index in [1.165, 1.54) is 23.3 Å². The molecule has 0 aliphatic rings. The topological polar surface area (TPSA) is 105 Å². The molecule has 0 aliphatic heterocycles. The molecule has 1 heterocycles. The first-order valence-corrected chi connectivity index (χ1v) is 6.68. The molecule has 0 aliphatic carbocycles. The molecular formula is C16H18N4O2. The normalized spacial score (nSPS) is 11.3. The SMILES string of the molecule is Cc1ccc(C(=O)O)cc1N(N)/C(=C\N)c1cccnc1C. The minimum atomic E-state index is -1.01. The molecule has 2 aromatic rings. The van der Waals surface area contributed by atoms with Crippen LogP contribution in [-0.2, 0) is 0 Å². The Labute approximate surface area is 128 Å². The largest absolute Gasteiger partial charge is 0.478 e. The van der Waals surface area contributed by atoms with E-state index in [2.05, 4.69) is 4.98 Å². The van der Waals surface area contributed by atoms with Crippen molar-refractivity contribution in [2.75, 3.05) is 5.01 Å². The van der Waals surface area contributed by atoms with Gasteiger partial charge in [0.1, 0.15) is 0 Å². The fourth-order valence-corrected chi connectivity index (χ4v) is 2.19. The van der Waals surface area contributed by atoms with Gasteiger partial charge in [0, 0.05) is 23.7 Å². The lowest BCUT2D eigenvalue weighted by atomic mass is 10.1. The van der Waals surface area contributed by atoms with Crippen LogP contribution >= 0.6 is 0 Å². The molecule has 0 unspecified atom stereocenters. The van der Waals surface area contributed by atoms with Crippen LogP contribution in [-0.4, -0.2) is 16.1 Å². The van der Waals surface area contributed by atoms with E-state index in [-0.39, 0.29) is 5.56 Å². The molecule has 6 heteroatoms. The van der Waals surface area contributed by atoms with Gasteiger partial charge in [0.05, 0.1) is 16.9 Å². The van der Waals surface area contributed by atoms with Crippen molar-refractivity contribution >= 4 is 17.4 Å². The molecule has 1 aromatic heterocycles. The van der Waals surface area contributed by atoms with Crippen LogP contribution in [0.1, 0.15) is 27.2 Å². The molecule has 0 saturated heterocycles. The lowest BCUT2D eigenvalue weighted by Crippen LogP contribution is -2.31. The Morgan fingerprint density at radius 2 is 2.05 bits per heavy atom. The highest BCUT2D eigenvalue weighted by atomic mass is 16.4. The molecule has 114 valence electrons. The van der Waals surface area contributed by atoms with Gasteiger partial charge in [-0.25, -0.2) is 10.6 Å². The highest BCUT2D eigenvalue weighted by Crippen LogP contribution is 2.27. The number of benzene rings is 1. The predicted octanol–water partition coefficient (Wildman–Crippen LogP) is 2.03. The molecule has 0 amide bonds. The van der Waals surface area contributed by atoms with Crippen molar-refractivity contribution < 1.29 is 9.90 Å². The number of pyridine rings is 1. The van der Waals surface area contributed by atoms with Gasteiger partial charge in [-0.05, 0) is 43.7 Å². The van der Waals surface area contributed by atoms with Gasteiger partial charge in [-0.1, -0.05) is 6.07 Å². The average molecular weight is 298 g/mol. The predicted molar refractivity (Wildman–Crippen MR) is 85.9 cm³/mol.